The van der Waals surface area contributed by atoms with Gasteiger partial charge in [0.2, 0.25) is 0 Å². The number of ether oxygens (including phenoxy) is 2. The van der Waals surface area contributed by atoms with E-state index in [1.165, 1.54) is 19.9 Å². The van der Waals surface area contributed by atoms with E-state index >= 15 is 0 Å². The average Bonchev–Trinajstić information content (AvgIpc) is 2.52. The maximum absolute atomic E-state index is 10.0. The second-order valence-corrected chi connectivity index (χ2v) is 7.04. The van der Waals surface area contributed by atoms with Crippen LogP contribution in [0.15, 0.2) is 12.7 Å². The minimum Gasteiger partial charge on any atom is -0.394 e. The fourth-order valence-electron chi connectivity index (χ4n) is 2.42. The van der Waals surface area contributed by atoms with E-state index in [-0.39, 0.29) is 12.8 Å². The Morgan fingerprint density at radius 3 is 2.21 bits per heavy atom. The fourth-order valence-corrected chi connectivity index (χ4v) is 2.42. The molecule has 1 heterocycles. The molecule has 2 unspecified atom stereocenters. The van der Waals surface area contributed by atoms with Crippen LogP contribution < -0.4 is 0 Å². The van der Waals surface area contributed by atoms with Crippen LogP contribution in [0.5, 0.6) is 0 Å². The van der Waals surface area contributed by atoms with Gasteiger partial charge in [0.15, 0.2) is 6.29 Å². The van der Waals surface area contributed by atoms with Crippen LogP contribution in [-0.2, 0) is 9.47 Å². The number of aliphatic hydroxyl groups is 6. The molecule has 0 spiro atoms. The van der Waals surface area contributed by atoms with Gasteiger partial charge in [-0.2, -0.15) is 0 Å². The third-order valence-corrected chi connectivity index (χ3v) is 4.40. The van der Waals surface area contributed by atoms with Gasteiger partial charge in [-0.25, -0.2) is 0 Å². The highest BCUT2D eigenvalue weighted by atomic mass is 16.7. The maximum atomic E-state index is 10.0. The highest BCUT2D eigenvalue weighted by Gasteiger charge is 2.46. The molecule has 0 amide bonds. The number of hydrogen-bond acceptors (Lipinski definition) is 8. The van der Waals surface area contributed by atoms with Crippen molar-refractivity contribution in [3.8, 4) is 0 Å². The minimum atomic E-state index is -1.53. The van der Waals surface area contributed by atoms with Crippen molar-refractivity contribution in [2.45, 2.75) is 81.6 Å². The van der Waals surface area contributed by atoms with Crippen LogP contribution in [0, 0.1) is 0 Å². The van der Waals surface area contributed by atoms with E-state index in [1.54, 1.807) is 6.92 Å². The normalized spacial score (nSPS) is 35.3. The van der Waals surface area contributed by atoms with Crippen molar-refractivity contribution in [1.82, 2.24) is 0 Å². The molecule has 0 aromatic heterocycles. The molecular formula is C16H30O8. The van der Waals surface area contributed by atoms with Crippen LogP contribution in [0.4, 0.5) is 0 Å². The summed E-state index contributed by atoms with van der Waals surface area (Å²) < 4.78 is 11.0. The van der Waals surface area contributed by atoms with Gasteiger partial charge in [-0.15, -0.1) is 6.58 Å². The molecule has 0 aliphatic carbocycles. The van der Waals surface area contributed by atoms with Crippen LogP contribution >= 0.6 is 0 Å². The molecule has 0 aromatic carbocycles. The molecule has 0 radical (unpaired) electrons. The first-order chi connectivity index (χ1) is 10.9. The first kappa shape index (κ1) is 21.5. The van der Waals surface area contributed by atoms with Crippen molar-refractivity contribution in [2.24, 2.45) is 0 Å². The zero-order chi connectivity index (χ0) is 18.7. The van der Waals surface area contributed by atoms with Crippen LogP contribution in [0.1, 0.15) is 33.6 Å². The van der Waals surface area contributed by atoms with Crippen molar-refractivity contribution in [3.05, 3.63) is 12.7 Å². The Bertz CT molecular complexity index is 407. The highest BCUT2D eigenvalue weighted by Crippen LogP contribution is 2.30. The van der Waals surface area contributed by atoms with Crippen molar-refractivity contribution in [1.29, 1.82) is 0 Å². The number of hydrogen-bond donors (Lipinski definition) is 6. The van der Waals surface area contributed by atoms with E-state index in [4.69, 9.17) is 9.47 Å². The van der Waals surface area contributed by atoms with E-state index in [0.717, 1.165) is 0 Å². The third-order valence-electron chi connectivity index (χ3n) is 4.40. The molecule has 0 bridgehead atoms. The Morgan fingerprint density at radius 2 is 1.75 bits per heavy atom. The van der Waals surface area contributed by atoms with Gasteiger partial charge in [0.1, 0.15) is 24.4 Å². The number of rotatable bonds is 8. The quantitative estimate of drug-likeness (QED) is 0.296. The molecule has 8 nitrogen and oxygen atoms in total. The lowest BCUT2D eigenvalue weighted by Gasteiger charge is -2.43. The van der Waals surface area contributed by atoms with Gasteiger partial charge in [-0.1, -0.05) is 6.08 Å². The SMILES string of the molecule is C=CC(C)(CCC(O)C(C)(C)O)O[C@@H]1O[C@H](CO)[C@@H](O)[C@H](O)[C@H]1O. The van der Waals surface area contributed by atoms with Crippen molar-refractivity contribution < 1.29 is 40.1 Å². The van der Waals surface area contributed by atoms with Gasteiger partial charge in [-0.05, 0) is 33.6 Å². The predicted molar refractivity (Wildman–Crippen MR) is 85.0 cm³/mol. The molecule has 24 heavy (non-hydrogen) atoms. The van der Waals surface area contributed by atoms with Gasteiger partial charge in [0.05, 0.1) is 23.9 Å². The summed E-state index contributed by atoms with van der Waals surface area (Å²) in [6, 6.07) is 0. The molecule has 8 heteroatoms. The summed E-state index contributed by atoms with van der Waals surface area (Å²) in [6.07, 6.45) is -5.93. The standard InChI is InChI=1S/C16H30O8/c1-5-16(4,7-6-10(18)15(2,3)22)24-14-13(21)12(20)11(19)9(8-17)23-14/h5,9-14,17-22H,1,6-8H2,2-4H3/t9-,10?,11-,12+,13-,14+,16?/m1/s1. The summed E-state index contributed by atoms with van der Waals surface area (Å²) in [6.45, 7) is 7.75. The Balaban J connectivity index is 2.76. The molecule has 0 aromatic rings. The molecule has 1 aliphatic heterocycles. The molecule has 1 saturated heterocycles. The van der Waals surface area contributed by atoms with E-state index in [2.05, 4.69) is 6.58 Å². The summed E-state index contributed by atoms with van der Waals surface area (Å²) in [4.78, 5) is 0. The van der Waals surface area contributed by atoms with Gasteiger partial charge < -0.3 is 40.1 Å². The lowest BCUT2D eigenvalue weighted by Crippen LogP contribution is -2.60. The van der Waals surface area contributed by atoms with Crippen molar-refractivity contribution >= 4 is 0 Å². The zero-order valence-corrected chi connectivity index (χ0v) is 14.4. The summed E-state index contributed by atoms with van der Waals surface area (Å²) in [5.74, 6) is 0. The van der Waals surface area contributed by atoms with E-state index < -0.39 is 54.6 Å². The predicted octanol–water partition coefficient (Wildman–Crippen LogP) is -1.34. The lowest BCUT2D eigenvalue weighted by molar-refractivity contribution is -0.320. The minimum absolute atomic E-state index is 0.198. The monoisotopic (exact) mass is 350 g/mol. The molecule has 1 fully saturated rings. The van der Waals surface area contributed by atoms with Crippen LogP contribution in [0.3, 0.4) is 0 Å². The van der Waals surface area contributed by atoms with Gasteiger partial charge >= 0.3 is 0 Å². The first-order valence-electron chi connectivity index (χ1n) is 7.97. The summed E-state index contributed by atoms with van der Waals surface area (Å²) in [5.41, 5.74) is -2.30. The lowest BCUT2D eigenvalue weighted by atomic mass is 9.91. The largest absolute Gasteiger partial charge is 0.394 e. The molecule has 142 valence electrons. The topological polar surface area (TPSA) is 140 Å². The Morgan fingerprint density at radius 1 is 1.17 bits per heavy atom. The highest BCUT2D eigenvalue weighted by molar-refractivity contribution is 4.97. The van der Waals surface area contributed by atoms with E-state index in [1.807, 2.05) is 0 Å². The maximum Gasteiger partial charge on any atom is 0.187 e. The van der Waals surface area contributed by atoms with Crippen LogP contribution in [-0.4, -0.2) is 85.3 Å². The third kappa shape index (κ3) is 5.21. The second kappa shape index (κ2) is 8.20. The molecule has 7 atom stereocenters. The van der Waals surface area contributed by atoms with E-state index in [0.29, 0.717) is 0 Å². The average molecular weight is 350 g/mol. The van der Waals surface area contributed by atoms with Crippen LogP contribution in [0.25, 0.3) is 0 Å². The summed E-state index contributed by atoms with van der Waals surface area (Å²) >= 11 is 0. The number of aliphatic hydroxyl groups excluding tert-OH is 5. The molecule has 0 saturated carbocycles. The van der Waals surface area contributed by atoms with Crippen molar-refractivity contribution in [2.75, 3.05) is 6.61 Å². The van der Waals surface area contributed by atoms with Crippen molar-refractivity contribution in [3.63, 3.8) is 0 Å². The smallest absolute Gasteiger partial charge is 0.187 e. The summed E-state index contributed by atoms with van der Waals surface area (Å²) in [5, 5.41) is 58.5. The van der Waals surface area contributed by atoms with Gasteiger partial charge in [0.25, 0.3) is 0 Å². The molecular weight excluding hydrogens is 320 g/mol. The first-order valence-corrected chi connectivity index (χ1v) is 7.97. The Labute approximate surface area is 142 Å². The molecule has 1 aliphatic rings. The van der Waals surface area contributed by atoms with E-state index in [9.17, 15) is 30.6 Å². The van der Waals surface area contributed by atoms with Gasteiger partial charge in [0, 0.05) is 0 Å². The molecule has 1 rings (SSSR count). The second-order valence-electron chi connectivity index (χ2n) is 7.04. The fraction of sp³-hybridized carbons (Fsp3) is 0.875. The van der Waals surface area contributed by atoms with Crippen LogP contribution in [0.2, 0.25) is 0 Å². The summed E-state index contributed by atoms with van der Waals surface area (Å²) in [7, 11) is 0. The Kier molecular flexibility index (Phi) is 7.33. The Hall–Kier alpha value is -0.580. The van der Waals surface area contributed by atoms with Gasteiger partial charge in [-0.3, -0.25) is 0 Å². The molecule has 6 N–H and O–H groups in total. The zero-order valence-electron chi connectivity index (χ0n) is 14.4.